The molecule has 0 saturated carbocycles. The Morgan fingerprint density at radius 3 is 2.62 bits per heavy atom. The van der Waals surface area contributed by atoms with Gasteiger partial charge >= 0.3 is 0 Å². The van der Waals surface area contributed by atoms with Crippen LogP contribution in [0.3, 0.4) is 0 Å². The zero-order valence-corrected chi connectivity index (χ0v) is 13.3. The molecule has 2 N–H and O–H groups in total. The molecule has 2 heterocycles. The molecule has 1 atom stereocenters. The number of hydrogen-bond acceptors (Lipinski definition) is 4. The second-order valence-corrected chi connectivity index (χ2v) is 5.82. The van der Waals surface area contributed by atoms with Crippen molar-refractivity contribution in [1.82, 2.24) is 5.32 Å². The van der Waals surface area contributed by atoms with Crippen molar-refractivity contribution in [2.45, 2.75) is 13.3 Å². The molecule has 1 saturated heterocycles. The third kappa shape index (κ3) is 3.20. The molecular formula is C14H18Cl2N2O3. The Morgan fingerprint density at radius 2 is 2.00 bits per heavy atom. The maximum Gasteiger partial charge on any atom is 0.231 e. The first-order valence-electron chi connectivity index (χ1n) is 6.70. The summed E-state index contributed by atoms with van der Waals surface area (Å²) in [4.78, 5) is 12.4. The van der Waals surface area contributed by atoms with Crippen LogP contribution >= 0.6 is 24.0 Å². The number of carbonyl (C=O) groups is 1. The largest absolute Gasteiger partial charge is 0.486 e. The number of carbonyl (C=O) groups excluding carboxylic acids is 1. The molecule has 3 rings (SSSR count). The topological polar surface area (TPSA) is 59.6 Å². The molecule has 1 aromatic rings. The summed E-state index contributed by atoms with van der Waals surface area (Å²) in [6.07, 6.45) is 0.820. The molecular weight excluding hydrogens is 315 g/mol. The van der Waals surface area contributed by atoms with E-state index in [1.165, 1.54) is 0 Å². The number of benzene rings is 1. The molecule has 5 nitrogen and oxygen atoms in total. The minimum atomic E-state index is -0.392. The molecule has 2 aliphatic heterocycles. The number of halogens is 2. The molecule has 0 aromatic heterocycles. The van der Waals surface area contributed by atoms with E-state index in [0.717, 1.165) is 13.0 Å². The highest BCUT2D eigenvalue weighted by Crippen LogP contribution is 2.38. The van der Waals surface area contributed by atoms with Gasteiger partial charge in [0.15, 0.2) is 11.5 Å². The number of nitrogens with one attached hydrogen (secondary N) is 2. The van der Waals surface area contributed by atoms with E-state index in [1.54, 1.807) is 12.1 Å². The fourth-order valence-corrected chi connectivity index (χ4v) is 2.64. The summed E-state index contributed by atoms with van der Waals surface area (Å²) in [6, 6.07) is 3.40. The van der Waals surface area contributed by atoms with Gasteiger partial charge in [0.2, 0.25) is 5.91 Å². The van der Waals surface area contributed by atoms with Crippen LogP contribution in [-0.2, 0) is 4.79 Å². The average Bonchev–Trinajstić information content (AvgIpc) is 2.88. The summed E-state index contributed by atoms with van der Waals surface area (Å²) in [6.45, 7) is 4.51. The van der Waals surface area contributed by atoms with Crippen LogP contribution in [0.15, 0.2) is 12.1 Å². The maximum atomic E-state index is 12.4. The predicted octanol–water partition coefficient (Wildman–Crippen LogP) is 2.47. The van der Waals surface area contributed by atoms with Gasteiger partial charge < -0.3 is 20.1 Å². The van der Waals surface area contributed by atoms with Crippen LogP contribution in [0.5, 0.6) is 11.5 Å². The molecule has 1 amide bonds. The van der Waals surface area contributed by atoms with E-state index in [2.05, 4.69) is 10.6 Å². The van der Waals surface area contributed by atoms with Gasteiger partial charge in [0.25, 0.3) is 0 Å². The monoisotopic (exact) mass is 332 g/mol. The summed E-state index contributed by atoms with van der Waals surface area (Å²) >= 11 is 6.19. The third-order valence-electron chi connectivity index (χ3n) is 3.80. The van der Waals surface area contributed by atoms with Crippen molar-refractivity contribution in [2.24, 2.45) is 5.41 Å². The lowest BCUT2D eigenvalue weighted by Crippen LogP contribution is -2.35. The zero-order valence-electron chi connectivity index (χ0n) is 11.7. The van der Waals surface area contributed by atoms with Crippen molar-refractivity contribution < 1.29 is 14.3 Å². The van der Waals surface area contributed by atoms with Crippen molar-refractivity contribution in [3.63, 3.8) is 0 Å². The van der Waals surface area contributed by atoms with Crippen LogP contribution in [0.1, 0.15) is 13.3 Å². The minimum absolute atomic E-state index is 0. The molecule has 1 unspecified atom stereocenters. The van der Waals surface area contributed by atoms with Gasteiger partial charge in [-0.15, -0.1) is 12.4 Å². The first-order chi connectivity index (χ1) is 9.58. The van der Waals surface area contributed by atoms with E-state index >= 15 is 0 Å². The van der Waals surface area contributed by atoms with Crippen LogP contribution < -0.4 is 20.1 Å². The Hall–Kier alpha value is -1.17. The molecule has 2 aliphatic rings. The summed E-state index contributed by atoms with van der Waals surface area (Å²) in [5.41, 5.74) is 0.172. The Morgan fingerprint density at radius 1 is 1.33 bits per heavy atom. The van der Waals surface area contributed by atoms with Gasteiger partial charge in [-0.25, -0.2) is 0 Å². The molecule has 21 heavy (non-hydrogen) atoms. The first-order valence-corrected chi connectivity index (χ1v) is 7.08. The smallest absolute Gasteiger partial charge is 0.231 e. The zero-order chi connectivity index (χ0) is 14.2. The van der Waals surface area contributed by atoms with Gasteiger partial charge in [-0.3, -0.25) is 4.79 Å². The quantitative estimate of drug-likeness (QED) is 0.873. The molecule has 0 aliphatic carbocycles. The molecule has 0 bridgehead atoms. The normalized spacial score (nSPS) is 23.3. The summed E-state index contributed by atoms with van der Waals surface area (Å²) in [5, 5.41) is 6.56. The second-order valence-electron chi connectivity index (χ2n) is 5.42. The lowest BCUT2D eigenvalue weighted by atomic mass is 9.89. The number of ether oxygens (including phenoxy) is 2. The van der Waals surface area contributed by atoms with Crippen molar-refractivity contribution in [3.05, 3.63) is 17.2 Å². The van der Waals surface area contributed by atoms with E-state index in [-0.39, 0.29) is 18.3 Å². The minimum Gasteiger partial charge on any atom is -0.486 e. The molecule has 0 spiro atoms. The van der Waals surface area contributed by atoms with Gasteiger partial charge in [-0.2, -0.15) is 0 Å². The second kappa shape index (κ2) is 6.30. The number of fused-ring (bicyclic) bond motifs is 1. The van der Waals surface area contributed by atoms with Gasteiger partial charge in [-0.1, -0.05) is 11.6 Å². The standard InChI is InChI=1S/C14H17ClN2O3.ClH/c1-14(2-3-16-8-14)13(18)17-10-7-12-11(6-9(10)15)19-4-5-20-12;/h6-7,16H,2-5,8H2,1H3,(H,17,18);1H. The highest BCUT2D eigenvalue weighted by Gasteiger charge is 2.36. The molecule has 1 aromatic carbocycles. The van der Waals surface area contributed by atoms with Crippen molar-refractivity contribution >= 4 is 35.6 Å². The van der Waals surface area contributed by atoms with E-state index < -0.39 is 5.41 Å². The van der Waals surface area contributed by atoms with Crippen LogP contribution in [0.2, 0.25) is 5.02 Å². The van der Waals surface area contributed by atoms with Crippen LogP contribution in [0.25, 0.3) is 0 Å². The number of anilines is 1. The summed E-state index contributed by atoms with van der Waals surface area (Å²) in [7, 11) is 0. The van der Waals surface area contributed by atoms with E-state index in [0.29, 0.717) is 42.0 Å². The predicted molar refractivity (Wildman–Crippen MR) is 83.9 cm³/mol. The Kier molecular flexibility index (Phi) is 4.86. The molecule has 7 heteroatoms. The van der Waals surface area contributed by atoms with Crippen molar-refractivity contribution in [1.29, 1.82) is 0 Å². The highest BCUT2D eigenvalue weighted by atomic mass is 35.5. The van der Waals surface area contributed by atoms with Gasteiger partial charge in [0.05, 0.1) is 16.1 Å². The summed E-state index contributed by atoms with van der Waals surface area (Å²) < 4.78 is 11.0. The van der Waals surface area contributed by atoms with E-state index in [9.17, 15) is 4.79 Å². The lowest BCUT2D eigenvalue weighted by Gasteiger charge is -2.23. The van der Waals surface area contributed by atoms with Crippen LogP contribution in [0.4, 0.5) is 5.69 Å². The molecule has 0 radical (unpaired) electrons. The fourth-order valence-electron chi connectivity index (χ4n) is 2.44. The Balaban J connectivity index is 0.00000161. The van der Waals surface area contributed by atoms with Crippen LogP contribution in [-0.4, -0.2) is 32.2 Å². The van der Waals surface area contributed by atoms with Crippen molar-refractivity contribution in [2.75, 3.05) is 31.6 Å². The maximum absolute atomic E-state index is 12.4. The Labute approximate surface area is 134 Å². The van der Waals surface area contributed by atoms with Crippen LogP contribution in [0, 0.1) is 5.41 Å². The fraction of sp³-hybridized carbons (Fsp3) is 0.500. The first kappa shape index (κ1) is 16.2. The molecule has 116 valence electrons. The van der Waals surface area contributed by atoms with Crippen molar-refractivity contribution in [3.8, 4) is 11.5 Å². The average molecular weight is 333 g/mol. The number of amides is 1. The van der Waals surface area contributed by atoms with E-state index in [1.807, 2.05) is 6.92 Å². The Bertz CT molecular complexity index is 545. The third-order valence-corrected chi connectivity index (χ3v) is 4.11. The van der Waals surface area contributed by atoms with Gasteiger partial charge in [0.1, 0.15) is 13.2 Å². The lowest BCUT2D eigenvalue weighted by molar-refractivity contribution is -0.123. The van der Waals surface area contributed by atoms with E-state index in [4.69, 9.17) is 21.1 Å². The number of hydrogen-bond donors (Lipinski definition) is 2. The van der Waals surface area contributed by atoms with Gasteiger partial charge in [-0.05, 0) is 19.9 Å². The SMILES string of the molecule is CC1(C(=O)Nc2cc3c(cc2Cl)OCCO3)CCNC1.Cl. The summed E-state index contributed by atoms with van der Waals surface area (Å²) in [5.74, 6) is 1.21. The van der Waals surface area contributed by atoms with Gasteiger partial charge in [0, 0.05) is 18.7 Å². The number of rotatable bonds is 2. The molecule has 1 fully saturated rings. The highest BCUT2D eigenvalue weighted by molar-refractivity contribution is 6.34.